The summed E-state index contributed by atoms with van der Waals surface area (Å²) < 4.78 is 5.59. The third kappa shape index (κ3) is 7.03. The highest BCUT2D eigenvalue weighted by molar-refractivity contribution is 5.92. The molecule has 0 saturated carbocycles. The summed E-state index contributed by atoms with van der Waals surface area (Å²) in [7, 11) is 1.88. The van der Waals surface area contributed by atoms with E-state index in [9.17, 15) is 4.79 Å². The van der Waals surface area contributed by atoms with Crippen LogP contribution in [0.5, 0.6) is 5.75 Å². The van der Waals surface area contributed by atoms with E-state index >= 15 is 0 Å². The van der Waals surface area contributed by atoms with Gasteiger partial charge in [0, 0.05) is 6.42 Å². The standard InChI is InChI=1S/C14H22N2O2.ClH/c1-3-11-18-13-8-5-4-7-12(13)16-14(17)9-6-10-15-2;/h4-5,7-8,15H,3,6,9-11H2,1-2H3,(H,16,17);1H. The lowest BCUT2D eigenvalue weighted by Crippen LogP contribution is -2.15. The van der Waals surface area contributed by atoms with E-state index in [2.05, 4.69) is 17.6 Å². The minimum atomic E-state index is 0. The van der Waals surface area contributed by atoms with Crippen LogP contribution in [0, 0.1) is 0 Å². The van der Waals surface area contributed by atoms with Crippen molar-refractivity contribution in [2.24, 2.45) is 0 Å². The number of halogens is 1. The molecule has 0 atom stereocenters. The monoisotopic (exact) mass is 286 g/mol. The molecule has 1 aromatic rings. The first-order chi connectivity index (χ1) is 8.77. The fraction of sp³-hybridized carbons (Fsp3) is 0.500. The molecule has 0 radical (unpaired) electrons. The second-order valence-electron chi connectivity index (χ2n) is 4.10. The Morgan fingerprint density at radius 1 is 1.32 bits per heavy atom. The molecule has 0 heterocycles. The molecule has 108 valence electrons. The number of carbonyl (C=O) groups excluding carboxylic acids is 1. The third-order valence-electron chi connectivity index (χ3n) is 2.45. The van der Waals surface area contributed by atoms with Gasteiger partial charge in [0.1, 0.15) is 5.75 Å². The average Bonchev–Trinajstić information content (AvgIpc) is 2.38. The van der Waals surface area contributed by atoms with Crippen LogP contribution in [-0.2, 0) is 4.79 Å². The quantitative estimate of drug-likeness (QED) is 0.723. The second-order valence-corrected chi connectivity index (χ2v) is 4.10. The Hall–Kier alpha value is -1.26. The SMILES string of the molecule is CCCOc1ccccc1NC(=O)CCCNC.Cl. The van der Waals surface area contributed by atoms with Crippen LogP contribution in [0.25, 0.3) is 0 Å². The summed E-state index contributed by atoms with van der Waals surface area (Å²) >= 11 is 0. The van der Waals surface area contributed by atoms with Gasteiger partial charge in [0.05, 0.1) is 12.3 Å². The summed E-state index contributed by atoms with van der Waals surface area (Å²) in [6.07, 6.45) is 2.30. The van der Waals surface area contributed by atoms with Crippen molar-refractivity contribution in [3.63, 3.8) is 0 Å². The summed E-state index contributed by atoms with van der Waals surface area (Å²) in [4.78, 5) is 11.7. The van der Waals surface area contributed by atoms with Crippen LogP contribution >= 0.6 is 12.4 Å². The molecule has 1 aromatic carbocycles. The van der Waals surface area contributed by atoms with Gasteiger partial charge in [-0.2, -0.15) is 0 Å². The zero-order valence-corrected chi connectivity index (χ0v) is 12.4. The number of hydrogen-bond donors (Lipinski definition) is 2. The molecule has 0 bridgehead atoms. The van der Waals surface area contributed by atoms with E-state index in [1.807, 2.05) is 31.3 Å². The number of anilines is 1. The Morgan fingerprint density at radius 3 is 2.74 bits per heavy atom. The highest BCUT2D eigenvalue weighted by atomic mass is 35.5. The van der Waals surface area contributed by atoms with Crippen LogP contribution in [0.2, 0.25) is 0 Å². The molecule has 0 aliphatic heterocycles. The van der Waals surface area contributed by atoms with Crippen molar-refractivity contribution in [1.29, 1.82) is 0 Å². The summed E-state index contributed by atoms with van der Waals surface area (Å²) in [5, 5.41) is 5.91. The summed E-state index contributed by atoms with van der Waals surface area (Å²) in [5.41, 5.74) is 0.750. The predicted octanol–water partition coefficient (Wildman–Crippen LogP) is 2.84. The molecule has 1 rings (SSSR count). The van der Waals surface area contributed by atoms with Gasteiger partial charge < -0.3 is 15.4 Å². The Morgan fingerprint density at radius 2 is 2.05 bits per heavy atom. The molecular weight excluding hydrogens is 264 g/mol. The number of ether oxygens (including phenoxy) is 1. The van der Waals surface area contributed by atoms with Crippen molar-refractivity contribution in [3.8, 4) is 5.75 Å². The number of carbonyl (C=O) groups is 1. The number of rotatable bonds is 8. The average molecular weight is 287 g/mol. The first-order valence-electron chi connectivity index (χ1n) is 6.44. The second kappa shape index (κ2) is 10.6. The molecule has 0 aliphatic rings. The Bertz CT molecular complexity index is 372. The van der Waals surface area contributed by atoms with Crippen LogP contribution in [0.1, 0.15) is 26.2 Å². The normalized spacial score (nSPS) is 9.58. The Kier molecular flexibility index (Phi) is 9.94. The molecule has 0 fully saturated rings. The molecule has 4 nitrogen and oxygen atoms in total. The number of amides is 1. The van der Waals surface area contributed by atoms with E-state index in [4.69, 9.17) is 4.74 Å². The smallest absolute Gasteiger partial charge is 0.224 e. The molecule has 1 amide bonds. The maximum absolute atomic E-state index is 11.7. The number of nitrogens with one attached hydrogen (secondary N) is 2. The van der Waals surface area contributed by atoms with Gasteiger partial charge in [-0.15, -0.1) is 12.4 Å². The van der Waals surface area contributed by atoms with E-state index < -0.39 is 0 Å². The van der Waals surface area contributed by atoms with Crippen molar-refractivity contribution >= 4 is 24.0 Å². The van der Waals surface area contributed by atoms with Crippen LogP contribution in [-0.4, -0.2) is 26.1 Å². The highest BCUT2D eigenvalue weighted by Crippen LogP contribution is 2.24. The first kappa shape index (κ1) is 17.7. The van der Waals surface area contributed by atoms with Gasteiger partial charge in [0.25, 0.3) is 0 Å². The summed E-state index contributed by atoms with van der Waals surface area (Å²) in [6.45, 7) is 3.56. The van der Waals surface area contributed by atoms with Crippen LogP contribution in [0.3, 0.4) is 0 Å². The topological polar surface area (TPSA) is 50.4 Å². The molecule has 5 heteroatoms. The van der Waals surface area contributed by atoms with E-state index in [-0.39, 0.29) is 18.3 Å². The van der Waals surface area contributed by atoms with Gasteiger partial charge in [0.15, 0.2) is 0 Å². The number of para-hydroxylation sites is 2. The van der Waals surface area contributed by atoms with Crippen molar-refractivity contribution in [1.82, 2.24) is 5.32 Å². The number of hydrogen-bond acceptors (Lipinski definition) is 3. The summed E-state index contributed by atoms with van der Waals surface area (Å²) in [5.74, 6) is 0.763. The molecule has 19 heavy (non-hydrogen) atoms. The van der Waals surface area contributed by atoms with E-state index in [1.54, 1.807) is 0 Å². The molecule has 2 N–H and O–H groups in total. The van der Waals surface area contributed by atoms with Gasteiger partial charge in [-0.3, -0.25) is 4.79 Å². The van der Waals surface area contributed by atoms with E-state index in [0.29, 0.717) is 13.0 Å². The van der Waals surface area contributed by atoms with Crippen molar-refractivity contribution in [2.45, 2.75) is 26.2 Å². The predicted molar refractivity (Wildman–Crippen MR) is 81.3 cm³/mol. The van der Waals surface area contributed by atoms with Gasteiger partial charge in [0.2, 0.25) is 5.91 Å². The first-order valence-corrected chi connectivity index (χ1v) is 6.44. The minimum Gasteiger partial charge on any atom is -0.491 e. The minimum absolute atomic E-state index is 0. The van der Waals surface area contributed by atoms with Gasteiger partial charge in [-0.1, -0.05) is 19.1 Å². The molecule has 0 saturated heterocycles. The van der Waals surface area contributed by atoms with E-state index in [0.717, 1.165) is 30.8 Å². The fourth-order valence-electron chi connectivity index (χ4n) is 1.55. The van der Waals surface area contributed by atoms with Crippen molar-refractivity contribution in [3.05, 3.63) is 24.3 Å². The largest absolute Gasteiger partial charge is 0.491 e. The highest BCUT2D eigenvalue weighted by Gasteiger charge is 2.06. The lowest BCUT2D eigenvalue weighted by molar-refractivity contribution is -0.116. The van der Waals surface area contributed by atoms with Crippen LogP contribution < -0.4 is 15.4 Å². The van der Waals surface area contributed by atoms with Crippen LogP contribution in [0.4, 0.5) is 5.69 Å². The lowest BCUT2D eigenvalue weighted by Gasteiger charge is -2.11. The molecule has 0 aliphatic carbocycles. The van der Waals surface area contributed by atoms with Gasteiger partial charge >= 0.3 is 0 Å². The maximum Gasteiger partial charge on any atom is 0.224 e. The van der Waals surface area contributed by atoms with E-state index in [1.165, 1.54) is 0 Å². The molecule has 0 unspecified atom stereocenters. The van der Waals surface area contributed by atoms with Crippen molar-refractivity contribution in [2.75, 3.05) is 25.5 Å². The Balaban J connectivity index is 0.00000324. The lowest BCUT2D eigenvalue weighted by atomic mass is 10.2. The zero-order chi connectivity index (χ0) is 13.2. The van der Waals surface area contributed by atoms with Gasteiger partial charge in [-0.05, 0) is 38.6 Å². The van der Waals surface area contributed by atoms with Gasteiger partial charge in [-0.25, -0.2) is 0 Å². The molecule has 0 aromatic heterocycles. The maximum atomic E-state index is 11.7. The zero-order valence-electron chi connectivity index (χ0n) is 11.6. The molecular formula is C14H23ClN2O2. The van der Waals surface area contributed by atoms with Crippen LogP contribution in [0.15, 0.2) is 24.3 Å². The fourth-order valence-corrected chi connectivity index (χ4v) is 1.55. The summed E-state index contributed by atoms with van der Waals surface area (Å²) in [6, 6.07) is 7.53. The third-order valence-corrected chi connectivity index (χ3v) is 2.45. The Labute approximate surface area is 121 Å². The number of benzene rings is 1. The van der Waals surface area contributed by atoms with Crippen molar-refractivity contribution < 1.29 is 9.53 Å². The molecule has 0 spiro atoms.